The summed E-state index contributed by atoms with van der Waals surface area (Å²) >= 11 is 6.11. The maximum absolute atomic E-state index is 12.8. The van der Waals surface area contributed by atoms with Crippen molar-refractivity contribution < 1.29 is 8.42 Å². The summed E-state index contributed by atoms with van der Waals surface area (Å²) in [5.41, 5.74) is 2.66. The number of halogens is 1. The summed E-state index contributed by atoms with van der Waals surface area (Å²) in [5, 5.41) is 9.91. The van der Waals surface area contributed by atoms with Crippen LogP contribution in [-0.4, -0.2) is 18.4 Å². The molecule has 0 amide bonds. The molecule has 1 atom stereocenters. The van der Waals surface area contributed by atoms with E-state index in [0.29, 0.717) is 17.8 Å². The van der Waals surface area contributed by atoms with E-state index < -0.39 is 15.9 Å². The Labute approximate surface area is 173 Å². The van der Waals surface area contributed by atoms with Gasteiger partial charge in [0.2, 0.25) is 0 Å². The van der Waals surface area contributed by atoms with Gasteiger partial charge in [-0.25, -0.2) is 18.4 Å². The van der Waals surface area contributed by atoms with Gasteiger partial charge in [0.15, 0.2) is 0 Å². The van der Waals surface area contributed by atoms with Crippen LogP contribution in [0.2, 0.25) is 0 Å². The monoisotopic (exact) mass is 422 g/mol. The molecule has 0 aliphatic heterocycles. The quantitative estimate of drug-likeness (QED) is 0.663. The molecule has 8 heteroatoms. The van der Waals surface area contributed by atoms with E-state index in [-0.39, 0.29) is 9.94 Å². The van der Waals surface area contributed by atoms with Crippen molar-refractivity contribution in [2.24, 2.45) is 5.92 Å². The fourth-order valence-electron chi connectivity index (χ4n) is 3.16. The van der Waals surface area contributed by atoms with Crippen LogP contribution in [-0.2, 0) is 10.0 Å². The molecule has 1 N–H and O–H groups in total. The summed E-state index contributed by atoms with van der Waals surface area (Å²) in [6.45, 7) is 0. The zero-order valence-corrected chi connectivity index (χ0v) is 16.7. The topological polar surface area (TPSA) is 95.7 Å². The molecule has 2 aromatic carbocycles. The molecule has 6 nitrogen and oxygen atoms in total. The third kappa shape index (κ3) is 3.86. The van der Waals surface area contributed by atoms with Crippen molar-refractivity contribution in [3.63, 3.8) is 0 Å². The Kier molecular flexibility index (Phi) is 5.05. The molecule has 0 saturated heterocycles. The smallest absolute Gasteiger partial charge is 0.263 e. The number of sulfonamides is 1. The van der Waals surface area contributed by atoms with Crippen molar-refractivity contribution >= 4 is 38.2 Å². The molecular weight excluding hydrogens is 408 g/mol. The molecule has 1 aromatic heterocycles. The first-order valence-corrected chi connectivity index (χ1v) is 10.6. The summed E-state index contributed by atoms with van der Waals surface area (Å²) in [4.78, 5) is 8.61. The molecular formula is C21H15ClN4O2S. The van der Waals surface area contributed by atoms with E-state index >= 15 is 0 Å². The molecule has 4 rings (SSSR count). The van der Waals surface area contributed by atoms with Crippen molar-refractivity contribution in [1.29, 1.82) is 5.26 Å². The predicted molar refractivity (Wildman–Crippen MR) is 113 cm³/mol. The Balaban J connectivity index is 1.67. The molecule has 1 aliphatic rings. The van der Waals surface area contributed by atoms with Crippen molar-refractivity contribution in [2.75, 3.05) is 4.72 Å². The average Bonchev–Trinajstić information content (AvgIpc) is 2.73. The molecule has 0 fully saturated rings. The highest BCUT2D eigenvalue weighted by Crippen LogP contribution is 2.32. The lowest BCUT2D eigenvalue weighted by Gasteiger charge is -2.16. The van der Waals surface area contributed by atoms with Crippen LogP contribution in [0.1, 0.15) is 6.42 Å². The first-order chi connectivity index (χ1) is 14.0. The van der Waals surface area contributed by atoms with Gasteiger partial charge >= 0.3 is 0 Å². The molecule has 3 aromatic rings. The van der Waals surface area contributed by atoms with E-state index in [1.54, 1.807) is 18.2 Å². The van der Waals surface area contributed by atoms with E-state index in [4.69, 9.17) is 16.9 Å². The normalized spacial score (nSPS) is 16.6. The molecule has 1 unspecified atom stereocenters. The summed E-state index contributed by atoms with van der Waals surface area (Å²) in [6, 6.07) is 16.7. The molecule has 0 saturated carbocycles. The predicted octanol–water partition coefficient (Wildman–Crippen LogP) is 4.59. The molecule has 1 heterocycles. The molecule has 1 aliphatic carbocycles. The number of allylic oxidation sites excluding steroid dienone is 3. The van der Waals surface area contributed by atoms with Gasteiger partial charge in [-0.3, -0.25) is 4.72 Å². The number of benzene rings is 2. The lowest BCUT2D eigenvalue weighted by molar-refractivity contribution is 0.607. The molecule has 0 spiro atoms. The van der Waals surface area contributed by atoms with Gasteiger partial charge in [-0.15, -0.1) is 0 Å². The van der Waals surface area contributed by atoms with Gasteiger partial charge < -0.3 is 0 Å². The van der Waals surface area contributed by atoms with Crippen LogP contribution in [0.25, 0.3) is 22.2 Å². The summed E-state index contributed by atoms with van der Waals surface area (Å²) in [5.74, 6) is -0.421. The Morgan fingerprint density at radius 2 is 1.97 bits per heavy atom. The summed E-state index contributed by atoms with van der Waals surface area (Å²) < 4.78 is 28.2. The zero-order chi connectivity index (χ0) is 20.4. The molecule has 0 radical (unpaired) electrons. The number of anilines is 1. The Morgan fingerprint density at radius 3 is 2.76 bits per heavy atom. The third-order valence-corrected chi connectivity index (χ3v) is 6.44. The van der Waals surface area contributed by atoms with Crippen LogP contribution in [0.15, 0.2) is 76.9 Å². The number of aromatic nitrogens is 2. The van der Waals surface area contributed by atoms with Gasteiger partial charge in [-0.1, -0.05) is 48.0 Å². The Morgan fingerprint density at radius 1 is 1.14 bits per heavy atom. The fraction of sp³-hybridized carbons (Fsp3) is 0.0952. The van der Waals surface area contributed by atoms with Crippen molar-refractivity contribution in [1.82, 2.24) is 9.97 Å². The largest absolute Gasteiger partial charge is 0.280 e. The number of nitriles is 1. The number of hydrogen-bond acceptors (Lipinski definition) is 5. The minimum absolute atomic E-state index is 0.0245. The molecule has 144 valence electrons. The summed E-state index contributed by atoms with van der Waals surface area (Å²) in [7, 11) is -3.89. The standard InChI is InChI=1S/C21H15ClN4O2S/c22-18-10-14(12-23)8-9-20(18)29(27,28)26-16-5-3-4-15(11-16)21-17-6-1-2-7-19(17)24-13-25-21/h1-7,9-11,13-14,26H,8H2. The van der Waals surface area contributed by atoms with Crippen LogP contribution in [0.3, 0.4) is 0 Å². The minimum Gasteiger partial charge on any atom is -0.280 e. The first-order valence-electron chi connectivity index (χ1n) is 8.78. The number of fused-ring (bicyclic) bond motifs is 1. The highest BCUT2D eigenvalue weighted by Gasteiger charge is 2.25. The Bertz CT molecular complexity index is 1300. The second-order valence-corrected chi connectivity index (χ2v) is 8.54. The minimum atomic E-state index is -3.89. The molecule has 0 bridgehead atoms. The van der Waals surface area contributed by atoms with E-state index in [0.717, 1.165) is 16.5 Å². The SMILES string of the molecule is N#CC1C=C(Cl)C(S(=O)(=O)Nc2cccc(-c3ncnc4ccccc34)c2)=CC1. The number of para-hydroxylation sites is 1. The van der Waals surface area contributed by atoms with Crippen LogP contribution in [0.4, 0.5) is 5.69 Å². The number of nitrogens with one attached hydrogen (secondary N) is 1. The lowest BCUT2D eigenvalue weighted by Crippen LogP contribution is -2.17. The van der Waals surface area contributed by atoms with Crippen LogP contribution in [0.5, 0.6) is 0 Å². The highest BCUT2D eigenvalue weighted by atomic mass is 35.5. The van der Waals surface area contributed by atoms with Gasteiger partial charge in [-0.2, -0.15) is 5.26 Å². The molecule has 29 heavy (non-hydrogen) atoms. The second-order valence-electron chi connectivity index (χ2n) is 6.48. The van der Waals surface area contributed by atoms with Crippen LogP contribution in [0, 0.1) is 17.2 Å². The maximum Gasteiger partial charge on any atom is 0.263 e. The fourth-order valence-corrected chi connectivity index (χ4v) is 4.88. The van der Waals surface area contributed by atoms with Crippen molar-refractivity contribution in [3.05, 3.63) is 76.9 Å². The van der Waals surface area contributed by atoms with E-state index in [1.165, 1.54) is 18.5 Å². The second kappa shape index (κ2) is 7.66. The van der Waals surface area contributed by atoms with E-state index in [2.05, 4.69) is 20.8 Å². The zero-order valence-electron chi connectivity index (χ0n) is 15.1. The number of rotatable bonds is 4. The summed E-state index contributed by atoms with van der Waals surface area (Å²) in [6.07, 6.45) is 4.72. The van der Waals surface area contributed by atoms with Gasteiger partial charge in [0.1, 0.15) is 11.2 Å². The maximum atomic E-state index is 12.8. The third-order valence-electron chi connectivity index (χ3n) is 4.53. The van der Waals surface area contributed by atoms with Crippen LogP contribution >= 0.6 is 11.6 Å². The Hall–Kier alpha value is -3.21. The van der Waals surface area contributed by atoms with Gasteiger partial charge in [0, 0.05) is 16.6 Å². The highest BCUT2D eigenvalue weighted by molar-refractivity contribution is 7.96. The van der Waals surface area contributed by atoms with E-state index in [9.17, 15) is 8.42 Å². The van der Waals surface area contributed by atoms with Crippen molar-refractivity contribution in [3.8, 4) is 17.3 Å². The number of nitrogens with zero attached hydrogens (tertiary/aromatic N) is 3. The first kappa shape index (κ1) is 19.1. The van der Waals surface area contributed by atoms with Crippen molar-refractivity contribution in [2.45, 2.75) is 6.42 Å². The van der Waals surface area contributed by atoms with E-state index in [1.807, 2.05) is 30.3 Å². The number of hydrogen-bond donors (Lipinski definition) is 1. The van der Waals surface area contributed by atoms with Gasteiger partial charge in [0.05, 0.1) is 28.2 Å². The lowest BCUT2D eigenvalue weighted by atomic mass is 10.0. The van der Waals surface area contributed by atoms with Crippen LogP contribution < -0.4 is 4.72 Å². The van der Waals surface area contributed by atoms with Gasteiger partial charge in [-0.05, 0) is 30.7 Å². The van der Waals surface area contributed by atoms with Gasteiger partial charge in [0.25, 0.3) is 10.0 Å². The average molecular weight is 423 g/mol.